The van der Waals surface area contributed by atoms with Crippen LogP contribution in [0.3, 0.4) is 0 Å². The number of nitrogens with zero attached hydrogens (tertiary/aromatic N) is 5. The first-order chi connectivity index (χ1) is 8.74. The molecule has 6 heteroatoms. The van der Waals surface area contributed by atoms with E-state index in [2.05, 4.69) is 38.7 Å². The molecule has 0 bridgehead atoms. The molecule has 1 aliphatic rings. The molecule has 0 spiro atoms. The maximum atomic E-state index is 5.00. The minimum absolute atomic E-state index is 0.394. The first-order valence-corrected chi connectivity index (χ1v) is 6.27. The molecule has 3 rings (SSSR count). The number of hydrogen-bond donors (Lipinski definition) is 0. The van der Waals surface area contributed by atoms with Crippen molar-refractivity contribution in [2.45, 2.75) is 39.4 Å². The summed E-state index contributed by atoms with van der Waals surface area (Å²) in [6.07, 6.45) is 4.49. The Hall–Kier alpha value is -1.69. The van der Waals surface area contributed by atoms with Crippen molar-refractivity contribution < 1.29 is 4.52 Å². The smallest absolute Gasteiger partial charge is 0.147 e. The van der Waals surface area contributed by atoms with E-state index < -0.39 is 0 Å². The molecule has 0 atom stereocenters. The predicted molar refractivity (Wildman–Crippen MR) is 64.7 cm³/mol. The average Bonchev–Trinajstić information content (AvgIpc) is 2.96. The molecule has 2 aromatic rings. The number of fused-ring (bicyclic) bond motifs is 1. The van der Waals surface area contributed by atoms with Gasteiger partial charge in [-0.1, -0.05) is 5.16 Å². The highest BCUT2D eigenvalue weighted by Gasteiger charge is 2.21. The van der Waals surface area contributed by atoms with Gasteiger partial charge in [0.25, 0.3) is 0 Å². The molecule has 0 aliphatic carbocycles. The van der Waals surface area contributed by atoms with Crippen LogP contribution in [0.5, 0.6) is 0 Å². The molecule has 0 saturated carbocycles. The van der Waals surface area contributed by atoms with Gasteiger partial charge in [-0.2, -0.15) is 0 Å². The summed E-state index contributed by atoms with van der Waals surface area (Å²) >= 11 is 0. The summed E-state index contributed by atoms with van der Waals surface area (Å²) in [6.45, 7) is 6.97. The second kappa shape index (κ2) is 4.53. The second-order valence-electron chi connectivity index (χ2n) is 5.00. The van der Waals surface area contributed by atoms with Crippen LogP contribution in [-0.2, 0) is 19.5 Å². The van der Waals surface area contributed by atoms with Crippen LogP contribution in [0.2, 0.25) is 0 Å². The topological polar surface area (TPSA) is 60.0 Å². The van der Waals surface area contributed by atoms with Crippen LogP contribution < -0.4 is 0 Å². The maximum absolute atomic E-state index is 5.00. The summed E-state index contributed by atoms with van der Waals surface area (Å²) in [6, 6.07) is 0.394. The van der Waals surface area contributed by atoms with Crippen molar-refractivity contribution in [1.29, 1.82) is 0 Å². The highest BCUT2D eigenvalue weighted by atomic mass is 16.5. The van der Waals surface area contributed by atoms with Gasteiger partial charge in [-0.05, 0) is 13.8 Å². The van der Waals surface area contributed by atoms with Crippen molar-refractivity contribution in [2.24, 2.45) is 0 Å². The number of aromatic nitrogens is 4. The molecular weight excluding hydrogens is 230 g/mol. The number of rotatable bonds is 3. The van der Waals surface area contributed by atoms with Gasteiger partial charge in [0.2, 0.25) is 0 Å². The highest BCUT2D eigenvalue weighted by molar-refractivity contribution is 5.17. The largest absolute Gasteiger partial charge is 0.364 e. The minimum atomic E-state index is 0.394. The van der Waals surface area contributed by atoms with E-state index >= 15 is 0 Å². The van der Waals surface area contributed by atoms with Crippen LogP contribution in [-0.4, -0.2) is 31.4 Å². The van der Waals surface area contributed by atoms with E-state index in [4.69, 9.17) is 4.52 Å². The van der Waals surface area contributed by atoms with Crippen molar-refractivity contribution in [3.8, 4) is 0 Å². The lowest BCUT2D eigenvalue weighted by molar-refractivity contribution is 0.233. The van der Waals surface area contributed by atoms with Gasteiger partial charge in [-0.25, -0.2) is 0 Å². The van der Waals surface area contributed by atoms with Crippen LogP contribution in [0.1, 0.15) is 37.0 Å². The Morgan fingerprint density at radius 2 is 2.33 bits per heavy atom. The number of hydrogen-bond acceptors (Lipinski definition) is 5. The van der Waals surface area contributed by atoms with Crippen LogP contribution in [0.15, 0.2) is 17.1 Å². The molecule has 2 aromatic heterocycles. The van der Waals surface area contributed by atoms with E-state index in [-0.39, 0.29) is 0 Å². The van der Waals surface area contributed by atoms with E-state index in [1.54, 1.807) is 12.6 Å². The molecule has 3 heterocycles. The molecule has 0 aromatic carbocycles. The first kappa shape index (κ1) is 11.4. The zero-order chi connectivity index (χ0) is 12.5. The van der Waals surface area contributed by atoms with Gasteiger partial charge < -0.3 is 9.09 Å². The van der Waals surface area contributed by atoms with Crippen molar-refractivity contribution in [3.05, 3.63) is 29.7 Å². The minimum Gasteiger partial charge on any atom is -0.364 e. The normalized spacial score (nSPS) is 16.2. The molecular formula is C12H17N5O. The summed E-state index contributed by atoms with van der Waals surface area (Å²) in [5.41, 5.74) is 2.29. The zero-order valence-electron chi connectivity index (χ0n) is 10.7. The third-order valence-corrected chi connectivity index (χ3v) is 3.36. The summed E-state index contributed by atoms with van der Waals surface area (Å²) in [5, 5.41) is 12.2. The first-order valence-electron chi connectivity index (χ1n) is 6.27. The molecule has 0 N–H and O–H groups in total. The fourth-order valence-electron chi connectivity index (χ4n) is 2.34. The third kappa shape index (κ3) is 2.03. The van der Waals surface area contributed by atoms with Crippen molar-refractivity contribution in [3.63, 3.8) is 0 Å². The molecule has 1 aliphatic heterocycles. The Balaban J connectivity index is 1.73. The summed E-state index contributed by atoms with van der Waals surface area (Å²) in [4.78, 5) is 2.35. The van der Waals surface area contributed by atoms with Gasteiger partial charge in [0.1, 0.15) is 18.4 Å². The zero-order valence-corrected chi connectivity index (χ0v) is 10.7. The fraction of sp³-hybridized carbons (Fsp3) is 0.583. The molecule has 0 radical (unpaired) electrons. The lowest BCUT2D eigenvalue weighted by Gasteiger charge is -2.25. The van der Waals surface area contributed by atoms with Gasteiger partial charge in [0.05, 0.1) is 12.2 Å². The van der Waals surface area contributed by atoms with Crippen LogP contribution in [0, 0.1) is 0 Å². The SMILES string of the molecule is CC(C)n1cnnc1CN1CCc2nocc2C1. The fourth-order valence-corrected chi connectivity index (χ4v) is 2.34. The quantitative estimate of drug-likeness (QED) is 0.820. The van der Waals surface area contributed by atoms with Gasteiger partial charge in [0.15, 0.2) is 0 Å². The predicted octanol–water partition coefficient (Wildman–Crippen LogP) is 1.41. The second-order valence-corrected chi connectivity index (χ2v) is 5.00. The maximum Gasteiger partial charge on any atom is 0.147 e. The molecule has 18 heavy (non-hydrogen) atoms. The van der Waals surface area contributed by atoms with Crippen molar-refractivity contribution in [1.82, 2.24) is 24.8 Å². The van der Waals surface area contributed by atoms with Crippen molar-refractivity contribution >= 4 is 0 Å². The monoisotopic (exact) mass is 247 g/mol. The van der Waals surface area contributed by atoms with Gasteiger partial charge in [-0.3, -0.25) is 4.90 Å². The lowest BCUT2D eigenvalue weighted by atomic mass is 10.1. The van der Waals surface area contributed by atoms with Crippen molar-refractivity contribution in [2.75, 3.05) is 6.54 Å². The average molecular weight is 247 g/mol. The summed E-state index contributed by atoms with van der Waals surface area (Å²) in [5.74, 6) is 1.02. The Labute approximate surface area is 106 Å². The summed E-state index contributed by atoms with van der Waals surface area (Å²) in [7, 11) is 0. The Morgan fingerprint density at radius 1 is 1.44 bits per heavy atom. The molecule has 0 saturated heterocycles. The van der Waals surface area contributed by atoms with Gasteiger partial charge in [0, 0.05) is 31.1 Å². The van der Waals surface area contributed by atoms with E-state index in [0.717, 1.165) is 37.6 Å². The third-order valence-electron chi connectivity index (χ3n) is 3.36. The van der Waals surface area contributed by atoms with Gasteiger partial charge >= 0.3 is 0 Å². The van der Waals surface area contributed by atoms with E-state index in [0.29, 0.717) is 6.04 Å². The van der Waals surface area contributed by atoms with Crippen LogP contribution >= 0.6 is 0 Å². The Morgan fingerprint density at radius 3 is 3.17 bits per heavy atom. The molecule has 0 amide bonds. The van der Waals surface area contributed by atoms with Crippen LogP contribution in [0.25, 0.3) is 0 Å². The lowest BCUT2D eigenvalue weighted by Crippen LogP contribution is -2.31. The van der Waals surface area contributed by atoms with Gasteiger partial charge in [-0.15, -0.1) is 10.2 Å². The Kier molecular flexibility index (Phi) is 2.87. The van der Waals surface area contributed by atoms with E-state index in [9.17, 15) is 0 Å². The molecule has 6 nitrogen and oxygen atoms in total. The Bertz CT molecular complexity index is 530. The molecule has 0 fully saturated rings. The highest BCUT2D eigenvalue weighted by Crippen LogP contribution is 2.19. The summed E-state index contributed by atoms with van der Waals surface area (Å²) < 4.78 is 7.12. The van der Waals surface area contributed by atoms with E-state index in [1.807, 2.05) is 0 Å². The van der Waals surface area contributed by atoms with E-state index in [1.165, 1.54) is 5.56 Å². The molecule has 0 unspecified atom stereocenters. The van der Waals surface area contributed by atoms with Crippen LogP contribution in [0.4, 0.5) is 0 Å². The molecule has 96 valence electrons. The standard InChI is InChI=1S/C12H17N5O/c1-9(2)17-8-13-14-12(17)6-16-4-3-11-10(5-16)7-18-15-11/h7-9H,3-6H2,1-2H3.